The lowest BCUT2D eigenvalue weighted by molar-refractivity contribution is 0.611. The number of hydrogen-bond donors (Lipinski definition) is 2. The molecule has 0 spiro atoms. The number of amidine groups is 2. The summed E-state index contributed by atoms with van der Waals surface area (Å²) in [5.41, 5.74) is 8.09. The molecule has 2 aromatic rings. The Morgan fingerprint density at radius 3 is 2.81 bits per heavy atom. The molecule has 134 valence electrons. The Balaban J connectivity index is 1.80. The van der Waals surface area contributed by atoms with Crippen LogP contribution < -0.4 is 11.1 Å². The summed E-state index contributed by atoms with van der Waals surface area (Å²) >= 11 is 0. The van der Waals surface area contributed by atoms with E-state index in [1.165, 1.54) is 6.07 Å². The number of nitrogens with zero attached hydrogens (tertiary/aromatic N) is 4. The zero-order valence-electron chi connectivity index (χ0n) is 15.0. The van der Waals surface area contributed by atoms with E-state index in [1.807, 2.05) is 13.8 Å². The number of fused-ring (bicyclic) bond motifs is 1. The normalized spacial score (nSPS) is 16.4. The average molecular weight is 352 g/mol. The number of aromatic nitrogens is 2. The van der Waals surface area contributed by atoms with Crippen molar-refractivity contribution in [2.24, 2.45) is 15.7 Å². The van der Waals surface area contributed by atoms with Crippen LogP contribution in [0.5, 0.6) is 0 Å². The summed E-state index contributed by atoms with van der Waals surface area (Å²) in [6.45, 7) is 10.0. The fraction of sp³-hybridized carbons (Fsp3) is 0.263. The van der Waals surface area contributed by atoms with Gasteiger partial charge in [0, 0.05) is 28.4 Å². The Hall–Kier alpha value is -3.09. The predicted molar refractivity (Wildman–Crippen MR) is 102 cm³/mol. The quantitative estimate of drug-likeness (QED) is 0.656. The summed E-state index contributed by atoms with van der Waals surface area (Å²) in [4.78, 5) is 17.2. The summed E-state index contributed by atoms with van der Waals surface area (Å²) in [7, 11) is 0. The molecule has 0 fully saturated rings. The van der Waals surface area contributed by atoms with Crippen LogP contribution in [0.15, 0.2) is 52.7 Å². The molecule has 1 aliphatic heterocycles. The van der Waals surface area contributed by atoms with Crippen LogP contribution in [0.3, 0.4) is 0 Å². The lowest BCUT2D eigenvalue weighted by Gasteiger charge is -2.18. The fourth-order valence-corrected chi connectivity index (χ4v) is 2.61. The van der Waals surface area contributed by atoms with Crippen molar-refractivity contribution >= 4 is 17.5 Å². The minimum atomic E-state index is -0.295. The van der Waals surface area contributed by atoms with Gasteiger partial charge >= 0.3 is 0 Å². The SMILES string of the molecule is C=C1Nc2nc(C(N)=NC(C)=NCc3ccccc3F)ncc2C1(C)C. The predicted octanol–water partition coefficient (Wildman–Crippen LogP) is 3.16. The molecule has 3 N–H and O–H groups in total. The van der Waals surface area contributed by atoms with E-state index < -0.39 is 0 Å². The first-order valence-corrected chi connectivity index (χ1v) is 8.22. The molecular weight excluding hydrogens is 331 g/mol. The summed E-state index contributed by atoms with van der Waals surface area (Å²) in [6, 6.07) is 6.49. The van der Waals surface area contributed by atoms with Gasteiger partial charge in [0.2, 0.25) is 0 Å². The van der Waals surface area contributed by atoms with Gasteiger partial charge in [-0.05, 0) is 13.0 Å². The standard InChI is InChI=1S/C19H21FN6/c1-11-19(3,4)14-10-23-18(26-17(14)24-11)16(21)25-12(2)22-9-13-7-5-6-8-15(13)20/h5-8,10H,1,9H2,2-4H3,(H2,21,22,25)(H,23,24,26). The van der Waals surface area contributed by atoms with E-state index in [-0.39, 0.29) is 23.6 Å². The monoisotopic (exact) mass is 352 g/mol. The zero-order chi connectivity index (χ0) is 18.9. The van der Waals surface area contributed by atoms with Gasteiger partial charge in [-0.1, -0.05) is 38.6 Å². The molecule has 0 unspecified atom stereocenters. The second-order valence-corrected chi connectivity index (χ2v) is 6.64. The first-order chi connectivity index (χ1) is 12.3. The third-order valence-electron chi connectivity index (χ3n) is 4.43. The van der Waals surface area contributed by atoms with Gasteiger partial charge in [0.05, 0.1) is 6.54 Å². The van der Waals surface area contributed by atoms with Crippen molar-refractivity contribution in [3.05, 3.63) is 65.5 Å². The van der Waals surface area contributed by atoms with Crippen LogP contribution in [0.1, 0.15) is 37.7 Å². The second-order valence-electron chi connectivity index (χ2n) is 6.64. The number of hydrogen-bond acceptors (Lipinski definition) is 4. The van der Waals surface area contributed by atoms with Crippen LogP contribution in [-0.2, 0) is 12.0 Å². The first kappa shape index (κ1) is 17.7. The topological polar surface area (TPSA) is 88.5 Å². The van der Waals surface area contributed by atoms with Crippen LogP contribution in [0, 0.1) is 5.82 Å². The molecule has 7 heteroatoms. The number of rotatable bonds is 3. The van der Waals surface area contributed by atoms with E-state index >= 15 is 0 Å². The number of allylic oxidation sites excluding steroid dienone is 1. The molecule has 26 heavy (non-hydrogen) atoms. The number of nitrogens with one attached hydrogen (secondary N) is 1. The summed E-state index contributed by atoms with van der Waals surface area (Å²) in [6.07, 6.45) is 1.73. The maximum atomic E-state index is 13.6. The molecule has 0 saturated heterocycles. The first-order valence-electron chi connectivity index (χ1n) is 8.22. The summed E-state index contributed by atoms with van der Waals surface area (Å²) in [5.74, 6) is 1.27. The zero-order valence-corrected chi connectivity index (χ0v) is 15.0. The van der Waals surface area contributed by atoms with Crippen LogP contribution in [0.2, 0.25) is 0 Å². The summed E-state index contributed by atoms with van der Waals surface area (Å²) < 4.78 is 13.6. The van der Waals surface area contributed by atoms with Gasteiger partial charge in [-0.25, -0.2) is 19.4 Å². The Morgan fingerprint density at radius 1 is 1.35 bits per heavy atom. The van der Waals surface area contributed by atoms with E-state index in [1.54, 1.807) is 31.3 Å². The van der Waals surface area contributed by atoms with E-state index in [0.29, 0.717) is 23.0 Å². The molecule has 1 aromatic heterocycles. The van der Waals surface area contributed by atoms with Gasteiger partial charge in [0.15, 0.2) is 11.7 Å². The Kier molecular flexibility index (Phi) is 4.54. The molecule has 0 radical (unpaired) electrons. The molecular formula is C19H21FN6. The second kappa shape index (κ2) is 6.67. The van der Waals surface area contributed by atoms with Gasteiger partial charge in [-0.3, -0.25) is 4.99 Å². The Bertz CT molecular complexity index is 929. The lowest BCUT2D eigenvalue weighted by atomic mass is 9.86. The molecule has 6 nitrogen and oxygen atoms in total. The Labute approximate surface area is 151 Å². The van der Waals surface area contributed by atoms with E-state index in [0.717, 1.165) is 11.3 Å². The average Bonchev–Trinajstić information content (AvgIpc) is 2.83. The molecule has 0 bridgehead atoms. The fourth-order valence-electron chi connectivity index (χ4n) is 2.61. The van der Waals surface area contributed by atoms with Crippen molar-refractivity contribution < 1.29 is 4.39 Å². The minimum Gasteiger partial charge on any atom is -0.380 e. The highest BCUT2D eigenvalue weighted by Crippen LogP contribution is 2.40. The van der Waals surface area contributed by atoms with E-state index in [9.17, 15) is 4.39 Å². The molecule has 1 aromatic carbocycles. The lowest BCUT2D eigenvalue weighted by Crippen LogP contribution is -2.20. The largest absolute Gasteiger partial charge is 0.380 e. The minimum absolute atomic E-state index is 0.153. The third-order valence-corrected chi connectivity index (χ3v) is 4.43. The molecule has 1 aliphatic rings. The molecule has 0 saturated carbocycles. The highest BCUT2D eigenvalue weighted by atomic mass is 19.1. The summed E-state index contributed by atoms with van der Waals surface area (Å²) in [5, 5.41) is 3.16. The Morgan fingerprint density at radius 2 is 2.08 bits per heavy atom. The number of nitrogens with two attached hydrogens (primary N) is 1. The smallest absolute Gasteiger partial charge is 0.197 e. The molecule has 3 rings (SSSR count). The molecule has 0 aliphatic carbocycles. The van der Waals surface area contributed by atoms with Gasteiger partial charge in [-0.2, -0.15) is 0 Å². The highest BCUT2D eigenvalue weighted by Gasteiger charge is 2.35. The van der Waals surface area contributed by atoms with Crippen molar-refractivity contribution in [3.63, 3.8) is 0 Å². The highest BCUT2D eigenvalue weighted by molar-refractivity contribution is 6.02. The van der Waals surface area contributed by atoms with Gasteiger partial charge in [0.1, 0.15) is 17.5 Å². The van der Waals surface area contributed by atoms with Crippen molar-refractivity contribution in [1.82, 2.24) is 9.97 Å². The van der Waals surface area contributed by atoms with Crippen molar-refractivity contribution in [1.29, 1.82) is 0 Å². The maximum Gasteiger partial charge on any atom is 0.197 e. The van der Waals surface area contributed by atoms with Crippen molar-refractivity contribution in [2.45, 2.75) is 32.7 Å². The van der Waals surface area contributed by atoms with Crippen LogP contribution in [-0.4, -0.2) is 21.6 Å². The van der Waals surface area contributed by atoms with Gasteiger partial charge in [-0.15, -0.1) is 0 Å². The van der Waals surface area contributed by atoms with E-state index in [2.05, 4.69) is 31.8 Å². The van der Waals surface area contributed by atoms with Crippen LogP contribution in [0.25, 0.3) is 0 Å². The maximum absolute atomic E-state index is 13.6. The number of anilines is 1. The number of halogens is 1. The van der Waals surface area contributed by atoms with Gasteiger partial charge in [0.25, 0.3) is 0 Å². The molecule has 0 amide bonds. The van der Waals surface area contributed by atoms with E-state index in [4.69, 9.17) is 5.73 Å². The van der Waals surface area contributed by atoms with Gasteiger partial charge < -0.3 is 11.1 Å². The molecule has 2 heterocycles. The third kappa shape index (κ3) is 3.33. The van der Waals surface area contributed by atoms with Crippen LogP contribution >= 0.6 is 0 Å². The molecule has 0 atom stereocenters. The number of benzene rings is 1. The van der Waals surface area contributed by atoms with Crippen molar-refractivity contribution in [2.75, 3.05) is 5.32 Å². The number of aliphatic imine (C=N–C) groups is 2. The van der Waals surface area contributed by atoms with Crippen molar-refractivity contribution in [3.8, 4) is 0 Å². The van der Waals surface area contributed by atoms with Crippen LogP contribution in [0.4, 0.5) is 10.2 Å².